The summed E-state index contributed by atoms with van der Waals surface area (Å²) in [5.41, 5.74) is 1.50. The summed E-state index contributed by atoms with van der Waals surface area (Å²) >= 11 is 0. The number of Topliss-reactive ketones (excluding diaryl/α,β-unsaturated/α-hetero) is 1. The fourth-order valence-electron chi connectivity index (χ4n) is 3.65. The van der Waals surface area contributed by atoms with Crippen molar-refractivity contribution < 1.29 is 38.0 Å². The number of anilines is 1. The van der Waals surface area contributed by atoms with Gasteiger partial charge < -0.3 is 33.7 Å². The highest BCUT2D eigenvalue weighted by atomic mass is 16.5. The quantitative estimate of drug-likeness (QED) is 0.441. The highest BCUT2D eigenvalue weighted by molar-refractivity contribution is 6.14. The number of nitrogens with one attached hydrogen (secondary N) is 1. The summed E-state index contributed by atoms with van der Waals surface area (Å²) in [5, 5.41) is 2.74. The van der Waals surface area contributed by atoms with Crippen LogP contribution in [-0.4, -0.2) is 46.7 Å². The number of ether oxygens (including phenoxy) is 6. The summed E-state index contributed by atoms with van der Waals surface area (Å²) in [6, 6.07) is 15.2. The first-order valence-corrected chi connectivity index (χ1v) is 10.9. The van der Waals surface area contributed by atoms with E-state index in [9.17, 15) is 9.59 Å². The number of rotatable bonds is 9. The van der Waals surface area contributed by atoms with Crippen molar-refractivity contribution in [3.63, 3.8) is 0 Å². The van der Waals surface area contributed by atoms with E-state index >= 15 is 0 Å². The molecule has 0 atom stereocenters. The largest absolute Gasteiger partial charge is 0.496 e. The van der Waals surface area contributed by atoms with Crippen LogP contribution in [0.5, 0.6) is 34.5 Å². The fraction of sp³-hybridized carbons (Fsp3) is 0.185. The number of para-hydroxylation sites is 2. The Balaban J connectivity index is 1.48. The van der Waals surface area contributed by atoms with Crippen LogP contribution in [-0.2, 0) is 4.79 Å². The number of carbonyl (C=O) groups is 2. The van der Waals surface area contributed by atoms with Gasteiger partial charge in [0.2, 0.25) is 5.78 Å². The first kappa shape index (κ1) is 24.5. The van der Waals surface area contributed by atoms with Crippen molar-refractivity contribution in [1.29, 1.82) is 0 Å². The van der Waals surface area contributed by atoms with Crippen molar-refractivity contribution in [2.45, 2.75) is 0 Å². The van der Waals surface area contributed by atoms with Crippen molar-refractivity contribution >= 4 is 23.5 Å². The first-order chi connectivity index (χ1) is 17.5. The predicted octanol–water partition coefficient (Wildman–Crippen LogP) is 4.35. The predicted molar refractivity (Wildman–Crippen MR) is 133 cm³/mol. The molecule has 1 amide bonds. The molecular formula is C27H25NO8. The number of hydrogen-bond donors (Lipinski definition) is 1. The fourth-order valence-corrected chi connectivity index (χ4v) is 3.65. The van der Waals surface area contributed by atoms with Crippen molar-refractivity contribution in [3.8, 4) is 34.5 Å². The van der Waals surface area contributed by atoms with E-state index < -0.39 is 0 Å². The molecule has 0 fully saturated rings. The third-order valence-corrected chi connectivity index (χ3v) is 5.41. The second kappa shape index (κ2) is 10.7. The Morgan fingerprint density at radius 3 is 2.28 bits per heavy atom. The summed E-state index contributed by atoms with van der Waals surface area (Å²) in [6.45, 7) is -0.240. The Hall–Kier alpha value is -4.66. The molecule has 3 aromatic rings. The Morgan fingerprint density at radius 1 is 0.861 bits per heavy atom. The van der Waals surface area contributed by atoms with E-state index in [1.54, 1.807) is 60.7 Å². The van der Waals surface area contributed by atoms with E-state index in [1.807, 2.05) is 0 Å². The molecule has 36 heavy (non-hydrogen) atoms. The van der Waals surface area contributed by atoms with Crippen LogP contribution in [0.3, 0.4) is 0 Å². The molecule has 1 N–H and O–H groups in total. The number of methoxy groups -OCH3 is 4. The summed E-state index contributed by atoms with van der Waals surface area (Å²) in [7, 11) is 6.09. The SMILES string of the molecule is COc1cc(OC)c(OC)cc1C=C1Oc2cc(OCC(=O)Nc3ccccc3OC)ccc2C1=O. The van der Waals surface area contributed by atoms with Crippen molar-refractivity contribution in [2.24, 2.45) is 0 Å². The highest BCUT2D eigenvalue weighted by Gasteiger charge is 2.28. The van der Waals surface area contributed by atoms with Crippen LogP contribution in [0.15, 0.2) is 60.4 Å². The number of benzene rings is 3. The van der Waals surface area contributed by atoms with E-state index in [0.717, 1.165) is 0 Å². The lowest BCUT2D eigenvalue weighted by Gasteiger charge is -2.12. The Kier molecular flexibility index (Phi) is 7.29. The maximum Gasteiger partial charge on any atom is 0.262 e. The molecule has 0 unspecified atom stereocenters. The minimum absolute atomic E-state index is 0.113. The number of hydrogen-bond acceptors (Lipinski definition) is 8. The average Bonchev–Trinajstić information content (AvgIpc) is 3.21. The third kappa shape index (κ3) is 5.05. The van der Waals surface area contributed by atoms with Crippen molar-refractivity contribution in [2.75, 3.05) is 40.4 Å². The van der Waals surface area contributed by atoms with Crippen molar-refractivity contribution in [3.05, 3.63) is 71.5 Å². The Bertz CT molecular complexity index is 1330. The highest BCUT2D eigenvalue weighted by Crippen LogP contribution is 2.39. The summed E-state index contributed by atoms with van der Waals surface area (Å²) in [6.07, 6.45) is 1.57. The number of fused-ring (bicyclic) bond motifs is 1. The molecule has 0 bridgehead atoms. The van der Waals surface area contributed by atoms with Gasteiger partial charge >= 0.3 is 0 Å². The van der Waals surface area contributed by atoms with Gasteiger partial charge in [-0.3, -0.25) is 9.59 Å². The zero-order chi connectivity index (χ0) is 25.7. The van der Waals surface area contributed by atoms with Gasteiger partial charge in [-0.05, 0) is 36.4 Å². The maximum absolute atomic E-state index is 12.9. The molecular weight excluding hydrogens is 466 g/mol. The number of allylic oxidation sites excluding steroid dienone is 1. The van der Waals surface area contributed by atoms with Gasteiger partial charge in [0.25, 0.3) is 5.91 Å². The normalized spacial score (nSPS) is 13.0. The molecule has 0 spiro atoms. The molecule has 4 rings (SSSR count). The summed E-state index contributed by atoms with van der Waals surface area (Å²) < 4.78 is 32.7. The molecule has 0 saturated carbocycles. The molecule has 1 heterocycles. The molecule has 9 nitrogen and oxygen atoms in total. The monoisotopic (exact) mass is 491 g/mol. The second-order valence-corrected chi connectivity index (χ2v) is 7.58. The van der Waals surface area contributed by atoms with Crippen LogP contribution in [0, 0.1) is 0 Å². The molecule has 0 aromatic heterocycles. The lowest BCUT2D eigenvalue weighted by atomic mass is 10.1. The van der Waals surface area contributed by atoms with Gasteiger partial charge in [0.05, 0.1) is 39.7 Å². The van der Waals surface area contributed by atoms with Crippen LogP contribution < -0.4 is 33.7 Å². The Labute approximate surface area is 208 Å². The van der Waals surface area contributed by atoms with Gasteiger partial charge in [0.1, 0.15) is 23.0 Å². The average molecular weight is 491 g/mol. The molecule has 0 radical (unpaired) electrons. The van der Waals surface area contributed by atoms with E-state index in [0.29, 0.717) is 51.3 Å². The number of ketones is 1. The molecule has 1 aliphatic heterocycles. The standard InChI is InChI=1S/C27H25NO8/c1-31-20-8-6-5-7-19(20)28-26(29)15-35-17-9-10-18-22(13-17)36-25(27(18)30)12-16-11-23(33-3)24(34-4)14-21(16)32-2/h5-14H,15H2,1-4H3,(H,28,29). The van der Waals surface area contributed by atoms with Gasteiger partial charge in [0.15, 0.2) is 23.9 Å². The molecule has 0 saturated heterocycles. The van der Waals surface area contributed by atoms with E-state index in [4.69, 9.17) is 28.4 Å². The maximum atomic E-state index is 12.9. The zero-order valence-corrected chi connectivity index (χ0v) is 20.2. The van der Waals surface area contributed by atoms with Crippen molar-refractivity contribution in [1.82, 2.24) is 0 Å². The first-order valence-electron chi connectivity index (χ1n) is 10.9. The summed E-state index contributed by atoms with van der Waals surface area (Å²) in [4.78, 5) is 25.2. The molecule has 0 aliphatic carbocycles. The molecule has 3 aromatic carbocycles. The van der Waals surface area contributed by atoms with Gasteiger partial charge in [-0.1, -0.05) is 12.1 Å². The minimum atomic E-state index is -0.363. The number of carbonyl (C=O) groups excluding carboxylic acids is 2. The van der Waals surface area contributed by atoms with Gasteiger partial charge in [-0.15, -0.1) is 0 Å². The molecule has 9 heteroatoms. The smallest absolute Gasteiger partial charge is 0.262 e. The topological polar surface area (TPSA) is 102 Å². The Morgan fingerprint density at radius 2 is 1.56 bits per heavy atom. The van der Waals surface area contributed by atoms with E-state index in [2.05, 4.69) is 5.32 Å². The van der Waals surface area contributed by atoms with Crippen LogP contribution in [0.25, 0.3) is 6.08 Å². The van der Waals surface area contributed by atoms with Crippen LogP contribution in [0.2, 0.25) is 0 Å². The lowest BCUT2D eigenvalue weighted by molar-refractivity contribution is -0.118. The van der Waals surface area contributed by atoms with E-state index in [-0.39, 0.29) is 24.1 Å². The lowest BCUT2D eigenvalue weighted by Crippen LogP contribution is -2.20. The van der Waals surface area contributed by atoms with Crippen LogP contribution in [0.1, 0.15) is 15.9 Å². The zero-order valence-electron chi connectivity index (χ0n) is 20.2. The van der Waals surface area contributed by atoms with Crippen LogP contribution >= 0.6 is 0 Å². The molecule has 186 valence electrons. The third-order valence-electron chi connectivity index (χ3n) is 5.41. The minimum Gasteiger partial charge on any atom is -0.496 e. The summed E-state index contributed by atoms with van der Waals surface area (Å²) in [5.74, 6) is 2.17. The van der Waals surface area contributed by atoms with Gasteiger partial charge in [0, 0.05) is 17.7 Å². The second-order valence-electron chi connectivity index (χ2n) is 7.58. The van der Waals surface area contributed by atoms with Crippen LogP contribution in [0.4, 0.5) is 5.69 Å². The van der Waals surface area contributed by atoms with Gasteiger partial charge in [-0.25, -0.2) is 0 Å². The van der Waals surface area contributed by atoms with E-state index in [1.165, 1.54) is 28.4 Å². The molecule has 1 aliphatic rings. The van der Waals surface area contributed by atoms with Gasteiger partial charge in [-0.2, -0.15) is 0 Å². The number of amides is 1.